The Bertz CT molecular complexity index is 947. The number of carboxylic acid groups (broad SMARTS) is 3. The quantitative estimate of drug-likeness (QED) is 0.383. The second kappa shape index (κ2) is 16.3. The van der Waals surface area contributed by atoms with E-state index < -0.39 is 17.9 Å². The molecular formula is C24H24LaO9. The van der Waals surface area contributed by atoms with Crippen LogP contribution in [-0.4, -0.2) is 54.6 Å². The maximum absolute atomic E-state index is 10.5. The molecule has 0 saturated carbocycles. The van der Waals surface area contributed by atoms with Crippen LogP contribution in [0.1, 0.15) is 31.1 Å². The predicted molar refractivity (Wildman–Crippen MR) is 120 cm³/mol. The minimum Gasteiger partial charge on any atom is -0.496 e. The molecule has 0 fully saturated rings. The molecule has 0 atom stereocenters. The van der Waals surface area contributed by atoms with Crippen LogP contribution in [-0.2, 0) is 0 Å². The number of ether oxygens (including phenoxy) is 3. The zero-order valence-electron chi connectivity index (χ0n) is 18.8. The molecule has 3 aromatic rings. The molecule has 0 bridgehead atoms. The molecule has 0 heterocycles. The summed E-state index contributed by atoms with van der Waals surface area (Å²) in [5.74, 6) is -1.74. The second-order valence-corrected chi connectivity index (χ2v) is 6.02. The van der Waals surface area contributed by atoms with Gasteiger partial charge in [-0.2, -0.15) is 0 Å². The standard InChI is InChI=1S/3C8H8O3.La/c3*1-11-7-5-3-2-4-6(7)8(9)10;/h3*2-5H,1H3,(H,9,10);. The van der Waals surface area contributed by atoms with Crippen molar-refractivity contribution in [2.45, 2.75) is 0 Å². The summed E-state index contributed by atoms with van der Waals surface area (Å²) in [6, 6.07) is 19.5. The molecule has 3 N–H and O–H groups in total. The van der Waals surface area contributed by atoms with Crippen molar-refractivity contribution in [2.75, 3.05) is 21.3 Å². The van der Waals surface area contributed by atoms with Crippen LogP contribution in [0.5, 0.6) is 17.2 Å². The molecule has 1 radical (unpaired) electrons. The molecule has 0 aromatic heterocycles. The largest absolute Gasteiger partial charge is 0.496 e. The van der Waals surface area contributed by atoms with Crippen molar-refractivity contribution in [2.24, 2.45) is 0 Å². The van der Waals surface area contributed by atoms with E-state index in [1.807, 2.05) is 0 Å². The summed E-state index contributed by atoms with van der Waals surface area (Å²) in [6.45, 7) is 0. The van der Waals surface area contributed by atoms with Gasteiger partial charge in [0.15, 0.2) is 0 Å². The molecule has 3 aromatic carbocycles. The van der Waals surface area contributed by atoms with Gasteiger partial charge in [0.25, 0.3) is 0 Å². The molecule has 0 aliphatic carbocycles. The molecule has 0 aliphatic heterocycles. The Morgan fingerprint density at radius 3 is 0.853 bits per heavy atom. The van der Waals surface area contributed by atoms with Gasteiger partial charge in [0.1, 0.15) is 33.9 Å². The van der Waals surface area contributed by atoms with E-state index in [2.05, 4.69) is 0 Å². The number of rotatable bonds is 6. The third-order valence-corrected chi connectivity index (χ3v) is 4.01. The van der Waals surface area contributed by atoms with E-state index in [1.54, 1.807) is 54.6 Å². The van der Waals surface area contributed by atoms with Crippen LogP contribution in [0.2, 0.25) is 0 Å². The zero-order chi connectivity index (χ0) is 24.8. The van der Waals surface area contributed by atoms with Crippen LogP contribution in [0, 0.1) is 35.6 Å². The molecule has 3 rings (SSSR count). The van der Waals surface area contributed by atoms with Gasteiger partial charge in [-0.1, -0.05) is 36.4 Å². The first-order valence-electron chi connectivity index (χ1n) is 9.35. The summed E-state index contributed by atoms with van der Waals surface area (Å²) in [5.41, 5.74) is 0.569. The molecule has 0 amide bonds. The van der Waals surface area contributed by atoms with E-state index >= 15 is 0 Å². The molecule has 34 heavy (non-hydrogen) atoms. The minimum absolute atomic E-state index is 0. The third kappa shape index (κ3) is 9.66. The van der Waals surface area contributed by atoms with Gasteiger partial charge in [-0.05, 0) is 36.4 Å². The van der Waals surface area contributed by atoms with Gasteiger partial charge in [0.05, 0.1) is 21.3 Å². The van der Waals surface area contributed by atoms with Gasteiger partial charge >= 0.3 is 17.9 Å². The molecular weight excluding hydrogens is 571 g/mol. The second-order valence-electron chi connectivity index (χ2n) is 6.02. The predicted octanol–water partition coefficient (Wildman–Crippen LogP) is 4.18. The van der Waals surface area contributed by atoms with Crippen LogP contribution in [0.3, 0.4) is 0 Å². The van der Waals surface area contributed by atoms with Crippen molar-refractivity contribution in [1.82, 2.24) is 0 Å². The fourth-order valence-corrected chi connectivity index (χ4v) is 2.46. The van der Waals surface area contributed by atoms with E-state index in [9.17, 15) is 14.4 Å². The SMILES string of the molecule is COc1ccccc1C(=O)O.COc1ccccc1C(=O)O.COc1ccccc1C(=O)O.[La]. The Hall–Kier alpha value is -3.34. The Morgan fingerprint density at radius 2 is 0.706 bits per heavy atom. The minimum atomic E-state index is -0.970. The molecule has 0 spiro atoms. The third-order valence-electron chi connectivity index (χ3n) is 4.01. The van der Waals surface area contributed by atoms with Crippen molar-refractivity contribution < 1.29 is 79.5 Å². The molecule has 0 saturated heterocycles. The molecule has 10 heteroatoms. The van der Waals surface area contributed by atoms with E-state index in [0.717, 1.165) is 0 Å². The van der Waals surface area contributed by atoms with E-state index in [0.29, 0.717) is 17.2 Å². The summed E-state index contributed by atoms with van der Waals surface area (Å²) < 4.78 is 14.5. The van der Waals surface area contributed by atoms with Crippen molar-refractivity contribution >= 4 is 17.9 Å². The number of hydrogen-bond acceptors (Lipinski definition) is 6. The topological polar surface area (TPSA) is 140 Å². The number of aromatic carboxylic acids is 3. The van der Waals surface area contributed by atoms with Crippen molar-refractivity contribution in [3.8, 4) is 17.2 Å². The fourth-order valence-electron chi connectivity index (χ4n) is 2.46. The summed E-state index contributed by atoms with van der Waals surface area (Å²) in [7, 11) is 4.34. The van der Waals surface area contributed by atoms with Gasteiger partial charge in [-0.25, -0.2) is 14.4 Å². The Labute approximate surface area is 224 Å². The average Bonchev–Trinajstić information content (AvgIpc) is 2.84. The van der Waals surface area contributed by atoms with E-state index in [4.69, 9.17) is 29.5 Å². The maximum atomic E-state index is 10.5. The Morgan fingerprint density at radius 1 is 0.500 bits per heavy atom. The van der Waals surface area contributed by atoms with Gasteiger partial charge in [0, 0.05) is 35.6 Å². The summed E-state index contributed by atoms with van der Waals surface area (Å²) in [6.07, 6.45) is 0. The number of carbonyl (C=O) groups is 3. The maximum Gasteiger partial charge on any atom is 0.339 e. The van der Waals surface area contributed by atoms with Crippen molar-refractivity contribution in [1.29, 1.82) is 0 Å². The number of benzene rings is 3. The van der Waals surface area contributed by atoms with Crippen molar-refractivity contribution in [3.05, 3.63) is 89.5 Å². The van der Waals surface area contributed by atoms with Crippen LogP contribution in [0.25, 0.3) is 0 Å². The van der Waals surface area contributed by atoms with Crippen LogP contribution in [0.4, 0.5) is 0 Å². The monoisotopic (exact) mass is 595 g/mol. The number of carboxylic acids is 3. The number of hydrogen-bond donors (Lipinski definition) is 3. The fraction of sp³-hybridized carbons (Fsp3) is 0.125. The summed E-state index contributed by atoms with van der Waals surface area (Å²) in [5, 5.41) is 25.9. The number of methoxy groups -OCH3 is 3. The summed E-state index contributed by atoms with van der Waals surface area (Å²) in [4.78, 5) is 31.5. The normalized spacial score (nSPS) is 8.91. The van der Waals surface area contributed by atoms with Crippen LogP contribution >= 0.6 is 0 Å². The van der Waals surface area contributed by atoms with E-state index in [-0.39, 0.29) is 52.3 Å². The molecule has 177 valence electrons. The Balaban J connectivity index is 0.000000473. The van der Waals surface area contributed by atoms with Crippen LogP contribution < -0.4 is 14.2 Å². The smallest absolute Gasteiger partial charge is 0.339 e. The van der Waals surface area contributed by atoms with Crippen LogP contribution in [0.15, 0.2) is 72.8 Å². The van der Waals surface area contributed by atoms with Gasteiger partial charge in [-0.3, -0.25) is 0 Å². The zero-order valence-corrected chi connectivity index (χ0v) is 22.4. The molecule has 0 aliphatic rings. The van der Waals surface area contributed by atoms with Gasteiger partial charge in [0.2, 0.25) is 0 Å². The first-order valence-corrected chi connectivity index (χ1v) is 9.35. The van der Waals surface area contributed by atoms with Gasteiger partial charge < -0.3 is 29.5 Å². The first kappa shape index (κ1) is 30.7. The first-order chi connectivity index (χ1) is 15.8. The number of para-hydroxylation sites is 3. The molecule has 9 nitrogen and oxygen atoms in total. The molecule has 0 unspecified atom stereocenters. The summed E-state index contributed by atoms with van der Waals surface area (Å²) >= 11 is 0. The Kier molecular flexibility index (Phi) is 14.7. The van der Waals surface area contributed by atoms with Gasteiger partial charge in [-0.15, -0.1) is 0 Å². The average molecular weight is 595 g/mol. The van der Waals surface area contributed by atoms with Crippen molar-refractivity contribution in [3.63, 3.8) is 0 Å². The van der Waals surface area contributed by atoms with E-state index in [1.165, 1.54) is 39.5 Å².